The number of rotatable bonds is 4. The van der Waals surface area contributed by atoms with Crippen molar-refractivity contribution in [2.45, 2.75) is 25.7 Å². The summed E-state index contributed by atoms with van der Waals surface area (Å²) in [6, 6.07) is 1.58. The van der Waals surface area contributed by atoms with Crippen LogP contribution in [0.25, 0.3) is 0 Å². The number of ether oxygens (including phenoxy) is 1. The van der Waals surface area contributed by atoms with Crippen LogP contribution in [0.4, 0.5) is 0 Å². The number of alkyl halides is 1. The van der Waals surface area contributed by atoms with Crippen LogP contribution in [0.5, 0.6) is 0 Å². The van der Waals surface area contributed by atoms with Crippen molar-refractivity contribution in [2.75, 3.05) is 12.7 Å². The van der Waals surface area contributed by atoms with Crippen LogP contribution in [0.15, 0.2) is 0 Å². The molecule has 0 aliphatic carbocycles. The second-order valence-corrected chi connectivity index (χ2v) is 10.5. The van der Waals surface area contributed by atoms with E-state index in [2.05, 4.69) is 19.6 Å². The zero-order chi connectivity index (χ0) is 7.33. The van der Waals surface area contributed by atoms with Crippen LogP contribution >= 0.6 is 11.6 Å². The third-order valence-electron chi connectivity index (χ3n) is 1.21. The monoisotopic (exact) mass is 167 g/mol. The fraction of sp³-hybridized carbons (Fsp3) is 1.00. The van der Waals surface area contributed by atoms with E-state index in [9.17, 15) is 0 Å². The fourth-order valence-corrected chi connectivity index (χ4v) is 1.47. The third-order valence-corrected chi connectivity index (χ3v) is 3.33. The Morgan fingerprint density at radius 1 is 1.33 bits per heavy atom. The van der Waals surface area contributed by atoms with E-state index in [0.717, 1.165) is 6.61 Å². The first-order valence-corrected chi connectivity index (χ1v) is 8.30. The molecule has 0 aliphatic heterocycles. The molecule has 0 heterocycles. The molecule has 0 rings (SSSR count). The predicted molar refractivity (Wildman–Crippen MR) is 46.2 cm³/mol. The molecule has 0 aromatic carbocycles. The Kier molecular flexibility index (Phi) is 4.53. The van der Waals surface area contributed by atoms with Crippen LogP contribution in [0, 0.1) is 0 Å². The summed E-state index contributed by atoms with van der Waals surface area (Å²) in [6.45, 7) is 7.90. The zero-order valence-electron chi connectivity index (χ0n) is 6.48. The number of halogens is 1. The summed E-state index contributed by atoms with van der Waals surface area (Å²) in [5.74, 6) is 0. The quantitative estimate of drug-likeness (QED) is 0.355. The van der Waals surface area contributed by atoms with E-state index >= 15 is 0 Å². The van der Waals surface area contributed by atoms with Gasteiger partial charge in [-0.3, -0.25) is 0 Å². The summed E-state index contributed by atoms with van der Waals surface area (Å²) in [6.07, 6.45) is 0. The molecule has 0 atom stereocenters. The first kappa shape index (κ1) is 9.47. The molecule has 58 valence electrons. The summed E-state index contributed by atoms with van der Waals surface area (Å²) in [5, 5.41) is 0. The Labute approximate surface area is 63.4 Å². The fourth-order valence-electron chi connectivity index (χ4n) is 0.491. The van der Waals surface area contributed by atoms with E-state index in [-0.39, 0.29) is 0 Å². The van der Waals surface area contributed by atoms with E-state index in [1.54, 1.807) is 0 Å². The molecule has 1 nitrogen and oxygen atoms in total. The molecule has 0 spiro atoms. The van der Waals surface area contributed by atoms with Gasteiger partial charge in [0.15, 0.2) is 0 Å². The van der Waals surface area contributed by atoms with Crippen molar-refractivity contribution in [3.63, 3.8) is 0 Å². The normalized spacial score (nSPS) is 13.8. The Morgan fingerprint density at radius 2 is 1.89 bits per heavy atom. The van der Waals surface area contributed by atoms with Crippen molar-refractivity contribution in [2.24, 2.45) is 0 Å². The van der Waals surface area contributed by atoms with Gasteiger partial charge in [0.25, 0.3) is 0 Å². The van der Waals surface area contributed by atoms with Crippen molar-refractivity contribution in [1.29, 1.82) is 0 Å². The molecule has 0 amide bonds. The van der Waals surface area contributed by atoms with Crippen LogP contribution in [-0.4, -0.2) is 20.7 Å². The van der Waals surface area contributed by atoms with E-state index in [0.29, 0.717) is 6.07 Å². The molecular weight excluding hydrogens is 152 g/mol. The first-order chi connectivity index (χ1) is 4.06. The maximum atomic E-state index is 5.33. The summed E-state index contributed by atoms with van der Waals surface area (Å²) in [4.78, 5) is 0. The maximum absolute atomic E-state index is 5.33. The molecule has 0 saturated carbocycles. The first-order valence-electron chi connectivity index (χ1n) is 3.48. The molecule has 3 heteroatoms. The van der Waals surface area contributed by atoms with Crippen LogP contribution in [0.1, 0.15) is 0 Å². The SMILES string of the molecule is C[SiH-](C)(C)CCOCCl. The van der Waals surface area contributed by atoms with Gasteiger partial charge in [-0.05, 0) is 0 Å². The van der Waals surface area contributed by atoms with E-state index in [4.69, 9.17) is 16.3 Å². The van der Waals surface area contributed by atoms with Gasteiger partial charge in [-0.15, -0.1) is 0 Å². The Hall–Kier alpha value is 0.467. The van der Waals surface area contributed by atoms with Crippen molar-refractivity contribution < 1.29 is 4.74 Å². The summed E-state index contributed by atoms with van der Waals surface area (Å²) < 4.78 is 5.02. The minimum absolute atomic E-state index is 0.342. The Balaban J connectivity index is 3.07. The van der Waals surface area contributed by atoms with Gasteiger partial charge in [0.1, 0.15) is 0 Å². The average Bonchev–Trinajstić information content (AvgIpc) is 1.63. The van der Waals surface area contributed by atoms with Crippen LogP contribution in [-0.2, 0) is 4.74 Å². The molecule has 0 aromatic heterocycles. The van der Waals surface area contributed by atoms with E-state index in [1.807, 2.05) is 0 Å². The molecule has 0 fully saturated rings. The van der Waals surface area contributed by atoms with Crippen molar-refractivity contribution in [1.82, 2.24) is 0 Å². The predicted octanol–water partition coefficient (Wildman–Crippen LogP) is 2.27. The zero-order valence-corrected chi connectivity index (χ0v) is 8.40. The van der Waals surface area contributed by atoms with Gasteiger partial charge >= 0.3 is 62.8 Å². The Bertz CT molecular complexity index is 69.9. The topological polar surface area (TPSA) is 9.23 Å². The summed E-state index contributed by atoms with van der Waals surface area (Å²) in [5.41, 5.74) is 0. The van der Waals surface area contributed by atoms with Gasteiger partial charge < -0.3 is 0 Å². The molecule has 0 bridgehead atoms. The van der Waals surface area contributed by atoms with Crippen LogP contribution < -0.4 is 0 Å². The van der Waals surface area contributed by atoms with Crippen molar-refractivity contribution >= 4 is 19.7 Å². The summed E-state index contributed by atoms with van der Waals surface area (Å²) in [7, 11) is -1.13. The third kappa shape index (κ3) is 8.47. The number of hydrogen-bond donors (Lipinski definition) is 0. The molecule has 0 saturated heterocycles. The second-order valence-electron chi connectivity index (χ2n) is 3.76. The van der Waals surface area contributed by atoms with Crippen LogP contribution in [0.3, 0.4) is 0 Å². The van der Waals surface area contributed by atoms with Crippen molar-refractivity contribution in [3.05, 3.63) is 0 Å². The molecule has 0 unspecified atom stereocenters. The molecule has 0 N–H and O–H groups in total. The molecule has 0 aromatic rings. The van der Waals surface area contributed by atoms with Gasteiger partial charge in [-0.2, -0.15) is 0 Å². The number of hydrogen-bond acceptors (Lipinski definition) is 1. The van der Waals surface area contributed by atoms with Gasteiger partial charge in [0, 0.05) is 0 Å². The molecular formula is C6H16ClOSi-. The molecule has 9 heavy (non-hydrogen) atoms. The van der Waals surface area contributed by atoms with Crippen LogP contribution in [0.2, 0.25) is 25.7 Å². The average molecular weight is 168 g/mol. The molecule has 0 aliphatic rings. The Morgan fingerprint density at radius 3 is 2.22 bits per heavy atom. The van der Waals surface area contributed by atoms with Gasteiger partial charge in [0.05, 0.1) is 0 Å². The van der Waals surface area contributed by atoms with E-state index in [1.165, 1.54) is 6.04 Å². The second kappa shape index (κ2) is 4.31. The van der Waals surface area contributed by atoms with Crippen molar-refractivity contribution in [3.8, 4) is 0 Å². The molecule has 0 radical (unpaired) electrons. The van der Waals surface area contributed by atoms with E-state index < -0.39 is 8.07 Å². The van der Waals surface area contributed by atoms with Gasteiger partial charge in [-0.25, -0.2) is 0 Å². The standard InChI is InChI=1S/C6H16ClOSi/c1-9(2,3)5-4-8-6-7/h9H,4-6H2,1-3H3/q-1. The summed E-state index contributed by atoms with van der Waals surface area (Å²) >= 11 is 5.33. The van der Waals surface area contributed by atoms with Gasteiger partial charge in [-0.1, -0.05) is 0 Å². The minimum atomic E-state index is -1.13. The van der Waals surface area contributed by atoms with Gasteiger partial charge in [0.2, 0.25) is 0 Å².